The van der Waals surface area contributed by atoms with Gasteiger partial charge in [0.15, 0.2) is 0 Å². The van der Waals surface area contributed by atoms with E-state index in [1.54, 1.807) is 6.07 Å². The molecular formula is C18H16N2O3S. The third-order valence-electron chi connectivity index (χ3n) is 4.42. The minimum Gasteiger partial charge on any atom is -0.465 e. The number of carbonyl (C=O) groups is 2. The number of hydrogen-bond donors (Lipinski definition) is 1. The maximum absolute atomic E-state index is 12.6. The van der Waals surface area contributed by atoms with Gasteiger partial charge in [-0.3, -0.25) is 4.79 Å². The second-order valence-electron chi connectivity index (χ2n) is 5.79. The number of aromatic amines is 1. The number of esters is 1. The van der Waals surface area contributed by atoms with Gasteiger partial charge in [0.2, 0.25) is 0 Å². The smallest absolute Gasteiger partial charge is 0.337 e. The molecule has 0 saturated heterocycles. The number of H-pyrrole nitrogens is 1. The number of fused-ring (bicyclic) bond motifs is 3. The summed E-state index contributed by atoms with van der Waals surface area (Å²) in [6.45, 7) is 1.25. The van der Waals surface area contributed by atoms with Gasteiger partial charge in [0.25, 0.3) is 5.91 Å². The molecule has 0 saturated carbocycles. The van der Waals surface area contributed by atoms with Crippen molar-refractivity contribution in [2.45, 2.75) is 13.0 Å². The summed E-state index contributed by atoms with van der Waals surface area (Å²) in [7, 11) is 1.38. The molecule has 4 rings (SSSR count). The number of aromatic nitrogens is 1. The molecule has 0 bridgehead atoms. The van der Waals surface area contributed by atoms with Crippen LogP contribution >= 0.6 is 11.3 Å². The van der Waals surface area contributed by atoms with Crippen molar-refractivity contribution in [3.8, 4) is 0 Å². The van der Waals surface area contributed by atoms with Crippen LogP contribution in [0.3, 0.4) is 0 Å². The second-order valence-corrected chi connectivity index (χ2v) is 6.74. The highest BCUT2D eigenvalue weighted by atomic mass is 32.1. The van der Waals surface area contributed by atoms with Gasteiger partial charge in [-0.05, 0) is 29.6 Å². The molecule has 0 radical (unpaired) electrons. The summed E-state index contributed by atoms with van der Waals surface area (Å²) in [5, 5.41) is 2.90. The van der Waals surface area contributed by atoms with Crippen molar-refractivity contribution in [2.75, 3.05) is 13.7 Å². The van der Waals surface area contributed by atoms with Crippen LogP contribution in [0, 0.1) is 0 Å². The van der Waals surface area contributed by atoms with Gasteiger partial charge in [-0.15, -0.1) is 11.3 Å². The summed E-state index contributed by atoms with van der Waals surface area (Å²) in [4.78, 5) is 30.4. The average Bonchev–Trinajstić information content (AvgIpc) is 3.27. The normalized spacial score (nSPS) is 13.8. The van der Waals surface area contributed by atoms with E-state index < -0.39 is 0 Å². The molecule has 1 aliphatic rings. The highest BCUT2D eigenvalue weighted by Crippen LogP contribution is 2.29. The van der Waals surface area contributed by atoms with E-state index in [0.717, 1.165) is 33.5 Å². The van der Waals surface area contributed by atoms with Crippen molar-refractivity contribution in [3.63, 3.8) is 0 Å². The van der Waals surface area contributed by atoms with E-state index in [9.17, 15) is 9.59 Å². The lowest BCUT2D eigenvalue weighted by Crippen LogP contribution is -2.35. The van der Waals surface area contributed by atoms with Crippen molar-refractivity contribution in [1.29, 1.82) is 0 Å². The highest BCUT2D eigenvalue weighted by molar-refractivity contribution is 7.12. The van der Waals surface area contributed by atoms with Gasteiger partial charge in [0.05, 0.1) is 17.6 Å². The lowest BCUT2D eigenvalue weighted by Gasteiger charge is -2.26. The van der Waals surface area contributed by atoms with Crippen LogP contribution < -0.4 is 0 Å². The largest absolute Gasteiger partial charge is 0.465 e. The molecule has 1 aliphatic heterocycles. The third-order valence-corrected chi connectivity index (χ3v) is 5.27. The van der Waals surface area contributed by atoms with Crippen molar-refractivity contribution < 1.29 is 14.3 Å². The first-order chi connectivity index (χ1) is 11.7. The van der Waals surface area contributed by atoms with Gasteiger partial charge < -0.3 is 14.6 Å². The molecule has 1 N–H and O–H groups in total. The monoisotopic (exact) mass is 340 g/mol. The van der Waals surface area contributed by atoms with Crippen LogP contribution in [0.5, 0.6) is 0 Å². The molecule has 3 heterocycles. The molecule has 0 spiro atoms. The van der Waals surface area contributed by atoms with E-state index in [1.165, 1.54) is 18.4 Å². The zero-order valence-corrected chi connectivity index (χ0v) is 14.0. The number of rotatable bonds is 2. The summed E-state index contributed by atoms with van der Waals surface area (Å²) in [6, 6.07) is 9.24. The molecule has 2 aromatic heterocycles. The first kappa shape index (κ1) is 15.0. The van der Waals surface area contributed by atoms with Crippen LogP contribution in [0.25, 0.3) is 10.9 Å². The number of nitrogens with zero attached hydrogens (tertiary/aromatic N) is 1. The Morgan fingerprint density at radius 3 is 2.92 bits per heavy atom. The van der Waals surface area contributed by atoms with Crippen LogP contribution in [0.4, 0.5) is 0 Å². The second kappa shape index (κ2) is 5.79. The van der Waals surface area contributed by atoms with E-state index in [4.69, 9.17) is 4.74 Å². The van der Waals surface area contributed by atoms with Gasteiger partial charge in [-0.25, -0.2) is 4.79 Å². The Labute approximate surface area is 142 Å². The molecule has 0 aliphatic carbocycles. The molecule has 1 amide bonds. The van der Waals surface area contributed by atoms with Crippen LogP contribution in [-0.2, 0) is 17.7 Å². The Bertz CT molecular complexity index is 927. The average molecular weight is 340 g/mol. The van der Waals surface area contributed by atoms with E-state index in [2.05, 4.69) is 4.98 Å². The predicted octanol–water partition coefficient (Wildman–Crippen LogP) is 3.21. The number of ether oxygens (including phenoxy) is 1. The number of carbonyl (C=O) groups excluding carboxylic acids is 2. The van der Waals surface area contributed by atoms with Crippen molar-refractivity contribution in [1.82, 2.24) is 9.88 Å². The van der Waals surface area contributed by atoms with Crippen LogP contribution in [-0.4, -0.2) is 35.4 Å². The van der Waals surface area contributed by atoms with Gasteiger partial charge in [-0.1, -0.05) is 6.07 Å². The topological polar surface area (TPSA) is 62.4 Å². The zero-order chi connectivity index (χ0) is 16.7. The standard InChI is InChI=1S/C18H16N2O3S/c1-23-18(22)11-4-5-14-12(9-11)13-10-20(7-6-15(13)19-14)17(21)16-3-2-8-24-16/h2-5,8-9,19H,6-7,10H2,1H3. The highest BCUT2D eigenvalue weighted by Gasteiger charge is 2.25. The molecule has 0 fully saturated rings. The number of hydrogen-bond acceptors (Lipinski definition) is 4. The summed E-state index contributed by atoms with van der Waals surface area (Å²) in [5.74, 6) is -0.289. The Morgan fingerprint density at radius 2 is 2.17 bits per heavy atom. The fourth-order valence-corrected chi connectivity index (χ4v) is 3.88. The number of amides is 1. The fraction of sp³-hybridized carbons (Fsp3) is 0.222. The molecular weight excluding hydrogens is 324 g/mol. The summed E-state index contributed by atoms with van der Waals surface area (Å²) in [5.41, 5.74) is 3.74. The SMILES string of the molecule is COC(=O)c1ccc2[nH]c3c(c2c1)CN(C(=O)c1cccs1)CC3. The third kappa shape index (κ3) is 2.39. The van der Waals surface area contributed by atoms with E-state index in [0.29, 0.717) is 18.7 Å². The lowest BCUT2D eigenvalue weighted by atomic mass is 10.0. The van der Waals surface area contributed by atoms with Crippen molar-refractivity contribution >= 4 is 34.1 Å². The Kier molecular flexibility index (Phi) is 3.61. The summed E-state index contributed by atoms with van der Waals surface area (Å²) >= 11 is 1.46. The number of benzene rings is 1. The Morgan fingerprint density at radius 1 is 1.29 bits per heavy atom. The number of methoxy groups -OCH3 is 1. The van der Waals surface area contributed by atoms with Crippen molar-refractivity contribution in [3.05, 3.63) is 57.4 Å². The quantitative estimate of drug-likeness (QED) is 0.729. The summed E-state index contributed by atoms with van der Waals surface area (Å²) in [6.07, 6.45) is 0.786. The summed E-state index contributed by atoms with van der Waals surface area (Å²) < 4.78 is 4.80. The van der Waals surface area contributed by atoms with Crippen LogP contribution in [0.1, 0.15) is 31.3 Å². The van der Waals surface area contributed by atoms with E-state index in [1.807, 2.05) is 34.5 Å². The maximum atomic E-state index is 12.6. The lowest BCUT2D eigenvalue weighted by molar-refractivity contribution is 0.0600. The Balaban J connectivity index is 1.71. The minimum absolute atomic E-state index is 0.0640. The van der Waals surface area contributed by atoms with E-state index >= 15 is 0 Å². The molecule has 1 aromatic carbocycles. The molecule has 24 heavy (non-hydrogen) atoms. The predicted molar refractivity (Wildman–Crippen MR) is 92.4 cm³/mol. The minimum atomic E-state index is -0.353. The Hall–Kier alpha value is -2.60. The maximum Gasteiger partial charge on any atom is 0.337 e. The van der Waals surface area contributed by atoms with Gasteiger partial charge >= 0.3 is 5.97 Å². The first-order valence-corrected chi connectivity index (χ1v) is 8.60. The zero-order valence-electron chi connectivity index (χ0n) is 13.2. The van der Waals surface area contributed by atoms with Gasteiger partial charge in [0, 0.05) is 41.7 Å². The van der Waals surface area contributed by atoms with Crippen LogP contribution in [0.2, 0.25) is 0 Å². The molecule has 6 heteroatoms. The molecule has 0 atom stereocenters. The molecule has 3 aromatic rings. The van der Waals surface area contributed by atoms with Crippen molar-refractivity contribution in [2.24, 2.45) is 0 Å². The van der Waals surface area contributed by atoms with Gasteiger partial charge in [-0.2, -0.15) is 0 Å². The molecule has 5 nitrogen and oxygen atoms in total. The first-order valence-electron chi connectivity index (χ1n) is 7.72. The molecule has 0 unspecified atom stereocenters. The number of thiophene rings is 1. The van der Waals surface area contributed by atoms with Gasteiger partial charge in [0.1, 0.15) is 0 Å². The fourth-order valence-electron chi connectivity index (χ4n) is 3.19. The van der Waals surface area contributed by atoms with Crippen LogP contribution in [0.15, 0.2) is 35.7 Å². The molecule has 122 valence electrons. The number of nitrogens with one attached hydrogen (secondary N) is 1. The van der Waals surface area contributed by atoms with E-state index in [-0.39, 0.29) is 11.9 Å².